The van der Waals surface area contributed by atoms with Gasteiger partial charge in [-0.3, -0.25) is 0 Å². The molecule has 0 aromatic heterocycles. The minimum Gasteiger partial charge on any atom is -0.493 e. The van der Waals surface area contributed by atoms with Crippen LogP contribution in [0, 0.1) is 0 Å². The second-order valence-electron chi connectivity index (χ2n) is 4.39. The van der Waals surface area contributed by atoms with Gasteiger partial charge >= 0.3 is 6.18 Å². The van der Waals surface area contributed by atoms with Crippen LogP contribution in [0.5, 0.6) is 17.2 Å². The summed E-state index contributed by atoms with van der Waals surface area (Å²) in [4.78, 5) is 0. The Labute approximate surface area is 119 Å². The molecule has 2 N–H and O–H groups in total. The number of ether oxygens (including phenoxy) is 4. The molecular formula is C13H16F3NO4. The number of alkyl halides is 3. The number of rotatable bonds is 7. The predicted octanol–water partition coefficient (Wildman–Crippen LogP) is 2.22. The quantitative estimate of drug-likeness (QED) is 0.783. The smallest absolute Gasteiger partial charge is 0.411 e. The minimum absolute atomic E-state index is 0.0258. The van der Waals surface area contributed by atoms with Crippen LogP contribution in [0.1, 0.15) is 12.0 Å². The van der Waals surface area contributed by atoms with Gasteiger partial charge in [-0.25, -0.2) is 0 Å². The number of hydrogen-bond acceptors (Lipinski definition) is 5. The van der Waals surface area contributed by atoms with Crippen LogP contribution in [0.15, 0.2) is 12.1 Å². The van der Waals surface area contributed by atoms with E-state index in [0.717, 1.165) is 5.56 Å². The van der Waals surface area contributed by atoms with Crippen LogP contribution in [0.25, 0.3) is 0 Å². The fourth-order valence-corrected chi connectivity index (χ4v) is 1.79. The van der Waals surface area contributed by atoms with Gasteiger partial charge in [0.05, 0.1) is 13.2 Å². The van der Waals surface area contributed by atoms with Crippen LogP contribution in [0.2, 0.25) is 0 Å². The second kappa shape index (κ2) is 6.86. The molecule has 0 atom stereocenters. The molecule has 1 aliphatic rings. The lowest BCUT2D eigenvalue weighted by Gasteiger charge is -2.12. The SMILES string of the molecule is NCc1cc2c(cc1OCCCOCC(F)(F)F)OCO2. The molecule has 0 radical (unpaired) electrons. The Morgan fingerprint density at radius 3 is 2.52 bits per heavy atom. The van der Waals surface area contributed by atoms with Crippen molar-refractivity contribution in [1.29, 1.82) is 0 Å². The Kier molecular flexibility index (Phi) is 5.13. The number of fused-ring (bicyclic) bond motifs is 1. The molecule has 0 fully saturated rings. The fraction of sp³-hybridized carbons (Fsp3) is 0.538. The van der Waals surface area contributed by atoms with Gasteiger partial charge in [-0.05, 0) is 6.07 Å². The van der Waals surface area contributed by atoms with E-state index >= 15 is 0 Å². The minimum atomic E-state index is -4.30. The van der Waals surface area contributed by atoms with E-state index < -0.39 is 12.8 Å². The Bertz CT molecular complexity index is 479. The molecule has 0 unspecified atom stereocenters. The van der Waals surface area contributed by atoms with Crippen LogP contribution in [0.3, 0.4) is 0 Å². The summed E-state index contributed by atoms with van der Waals surface area (Å²) in [5.41, 5.74) is 6.36. The first kappa shape index (κ1) is 15.7. The highest BCUT2D eigenvalue weighted by Gasteiger charge is 2.27. The van der Waals surface area contributed by atoms with E-state index in [1.807, 2.05) is 0 Å². The van der Waals surface area contributed by atoms with Crippen LogP contribution in [-0.4, -0.2) is 32.8 Å². The molecule has 0 aliphatic carbocycles. The first-order valence-corrected chi connectivity index (χ1v) is 6.39. The Morgan fingerprint density at radius 2 is 1.86 bits per heavy atom. The summed E-state index contributed by atoms with van der Waals surface area (Å²) in [6.07, 6.45) is -3.96. The zero-order chi connectivity index (χ0) is 15.3. The Morgan fingerprint density at radius 1 is 1.14 bits per heavy atom. The molecule has 1 aromatic rings. The number of halogens is 3. The molecule has 0 saturated carbocycles. The molecule has 21 heavy (non-hydrogen) atoms. The summed E-state index contributed by atoms with van der Waals surface area (Å²) in [5, 5.41) is 0. The Hall–Kier alpha value is -1.67. The average Bonchev–Trinajstić information content (AvgIpc) is 2.87. The van der Waals surface area contributed by atoms with Crippen molar-refractivity contribution in [3.05, 3.63) is 17.7 Å². The van der Waals surface area contributed by atoms with E-state index in [0.29, 0.717) is 23.7 Å². The maximum absolute atomic E-state index is 11.9. The van der Waals surface area contributed by atoms with Crippen molar-refractivity contribution < 1.29 is 32.1 Å². The molecule has 1 aliphatic heterocycles. The van der Waals surface area contributed by atoms with E-state index in [-0.39, 0.29) is 26.6 Å². The van der Waals surface area contributed by atoms with Crippen LogP contribution in [-0.2, 0) is 11.3 Å². The van der Waals surface area contributed by atoms with E-state index in [9.17, 15) is 13.2 Å². The number of hydrogen-bond donors (Lipinski definition) is 1. The van der Waals surface area contributed by atoms with Gasteiger partial charge in [-0.2, -0.15) is 13.2 Å². The van der Waals surface area contributed by atoms with E-state index in [4.69, 9.17) is 19.9 Å². The number of nitrogens with two attached hydrogens (primary N) is 1. The molecule has 1 aromatic carbocycles. The van der Waals surface area contributed by atoms with Crippen molar-refractivity contribution in [2.75, 3.05) is 26.6 Å². The molecule has 0 bridgehead atoms. The summed E-state index contributed by atoms with van der Waals surface area (Å²) in [7, 11) is 0. The summed E-state index contributed by atoms with van der Waals surface area (Å²) in [6, 6.07) is 3.40. The second-order valence-corrected chi connectivity index (χ2v) is 4.39. The van der Waals surface area contributed by atoms with E-state index in [2.05, 4.69) is 4.74 Å². The van der Waals surface area contributed by atoms with Crippen molar-refractivity contribution in [3.63, 3.8) is 0 Å². The van der Waals surface area contributed by atoms with Crippen molar-refractivity contribution in [3.8, 4) is 17.2 Å². The highest BCUT2D eigenvalue weighted by Crippen LogP contribution is 2.38. The average molecular weight is 307 g/mol. The third-order valence-electron chi connectivity index (χ3n) is 2.73. The lowest BCUT2D eigenvalue weighted by molar-refractivity contribution is -0.174. The van der Waals surface area contributed by atoms with Gasteiger partial charge in [0.25, 0.3) is 0 Å². The summed E-state index contributed by atoms with van der Waals surface area (Å²) < 4.78 is 56.0. The van der Waals surface area contributed by atoms with Gasteiger partial charge in [0.2, 0.25) is 6.79 Å². The third-order valence-corrected chi connectivity index (χ3v) is 2.73. The van der Waals surface area contributed by atoms with Crippen LogP contribution in [0.4, 0.5) is 13.2 Å². The number of benzene rings is 1. The van der Waals surface area contributed by atoms with Gasteiger partial charge in [0, 0.05) is 24.6 Å². The standard InChI is InChI=1S/C13H16F3NO4/c14-13(15,16)7-18-2-1-3-19-10-5-12-11(20-8-21-12)4-9(10)6-17/h4-5H,1-3,6-8,17H2. The molecule has 118 valence electrons. The highest BCUT2D eigenvalue weighted by atomic mass is 19.4. The van der Waals surface area contributed by atoms with Gasteiger partial charge < -0.3 is 24.7 Å². The summed E-state index contributed by atoms with van der Waals surface area (Å²) >= 11 is 0. The molecule has 2 rings (SSSR count). The molecular weight excluding hydrogens is 291 g/mol. The predicted molar refractivity (Wildman–Crippen MR) is 67.4 cm³/mol. The van der Waals surface area contributed by atoms with Gasteiger partial charge in [-0.15, -0.1) is 0 Å². The highest BCUT2D eigenvalue weighted by molar-refractivity contribution is 5.51. The monoisotopic (exact) mass is 307 g/mol. The molecule has 8 heteroatoms. The maximum atomic E-state index is 11.9. The van der Waals surface area contributed by atoms with Crippen LogP contribution >= 0.6 is 0 Å². The topological polar surface area (TPSA) is 62.9 Å². The maximum Gasteiger partial charge on any atom is 0.411 e. The van der Waals surface area contributed by atoms with Gasteiger partial charge in [0.1, 0.15) is 12.4 Å². The van der Waals surface area contributed by atoms with Crippen molar-refractivity contribution in [1.82, 2.24) is 0 Å². The lowest BCUT2D eigenvalue weighted by atomic mass is 10.2. The molecule has 5 nitrogen and oxygen atoms in total. The lowest BCUT2D eigenvalue weighted by Crippen LogP contribution is -2.18. The zero-order valence-corrected chi connectivity index (χ0v) is 11.2. The molecule has 0 spiro atoms. The fourth-order valence-electron chi connectivity index (χ4n) is 1.79. The summed E-state index contributed by atoms with van der Waals surface area (Å²) in [6.45, 7) is -0.637. The van der Waals surface area contributed by atoms with Crippen molar-refractivity contribution in [2.24, 2.45) is 5.73 Å². The Balaban J connectivity index is 1.78. The largest absolute Gasteiger partial charge is 0.493 e. The first-order chi connectivity index (χ1) is 9.99. The normalized spacial score (nSPS) is 13.5. The molecule has 1 heterocycles. The van der Waals surface area contributed by atoms with Crippen molar-refractivity contribution >= 4 is 0 Å². The van der Waals surface area contributed by atoms with E-state index in [1.165, 1.54) is 0 Å². The first-order valence-electron chi connectivity index (χ1n) is 6.39. The van der Waals surface area contributed by atoms with Gasteiger partial charge in [0.15, 0.2) is 11.5 Å². The van der Waals surface area contributed by atoms with Crippen molar-refractivity contribution in [2.45, 2.75) is 19.1 Å². The summed E-state index contributed by atoms with van der Waals surface area (Å²) in [5.74, 6) is 1.71. The van der Waals surface area contributed by atoms with E-state index in [1.54, 1.807) is 12.1 Å². The van der Waals surface area contributed by atoms with Crippen LogP contribution < -0.4 is 19.9 Å². The zero-order valence-electron chi connectivity index (χ0n) is 11.2. The third kappa shape index (κ3) is 4.68. The molecule has 0 amide bonds. The van der Waals surface area contributed by atoms with Gasteiger partial charge in [-0.1, -0.05) is 0 Å². The molecule has 0 saturated heterocycles.